The van der Waals surface area contributed by atoms with Crippen LogP contribution in [0, 0.1) is 29.6 Å². The SMILES string of the molecule is CCC1CCC(C2CC(C)CCC2CN)CC1. The molecule has 1 heteroatoms. The fourth-order valence-electron chi connectivity index (χ4n) is 4.38. The van der Waals surface area contributed by atoms with Crippen LogP contribution in [0.4, 0.5) is 0 Å². The molecule has 0 aromatic rings. The average molecular weight is 237 g/mol. The van der Waals surface area contributed by atoms with Crippen LogP contribution in [0.25, 0.3) is 0 Å². The molecule has 0 aromatic carbocycles. The quantitative estimate of drug-likeness (QED) is 0.781. The highest BCUT2D eigenvalue weighted by Crippen LogP contribution is 2.44. The van der Waals surface area contributed by atoms with Crippen LogP contribution >= 0.6 is 0 Å². The van der Waals surface area contributed by atoms with Gasteiger partial charge in [-0.05, 0) is 61.8 Å². The Morgan fingerprint density at radius 2 is 1.71 bits per heavy atom. The molecule has 0 bridgehead atoms. The predicted octanol–water partition coefficient (Wildman–Crippen LogP) is 4.21. The maximum Gasteiger partial charge on any atom is -0.00461 e. The summed E-state index contributed by atoms with van der Waals surface area (Å²) in [6.45, 7) is 5.73. The number of hydrogen-bond acceptors (Lipinski definition) is 1. The lowest BCUT2D eigenvalue weighted by Crippen LogP contribution is -2.36. The fraction of sp³-hybridized carbons (Fsp3) is 1.00. The van der Waals surface area contributed by atoms with Crippen molar-refractivity contribution < 1.29 is 0 Å². The molecule has 0 aromatic heterocycles. The molecule has 2 N–H and O–H groups in total. The summed E-state index contributed by atoms with van der Waals surface area (Å²) in [4.78, 5) is 0. The van der Waals surface area contributed by atoms with Gasteiger partial charge in [0.05, 0.1) is 0 Å². The molecule has 0 heterocycles. The summed E-state index contributed by atoms with van der Waals surface area (Å²) < 4.78 is 0. The Bertz CT molecular complexity index is 218. The van der Waals surface area contributed by atoms with Gasteiger partial charge < -0.3 is 5.73 Å². The van der Waals surface area contributed by atoms with Gasteiger partial charge in [-0.2, -0.15) is 0 Å². The van der Waals surface area contributed by atoms with Crippen molar-refractivity contribution in [1.82, 2.24) is 0 Å². The van der Waals surface area contributed by atoms with Gasteiger partial charge in [-0.25, -0.2) is 0 Å². The first kappa shape index (κ1) is 13.4. The summed E-state index contributed by atoms with van der Waals surface area (Å²) in [5, 5.41) is 0. The zero-order valence-corrected chi connectivity index (χ0v) is 11.8. The van der Waals surface area contributed by atoms with E-state index in [1.54, 1.807) is 0 Å². The molecule has 2 rings (SSSR count). The van der Waals surface area contributed by atoms with Crippen molar-refractivity contribution in [2.75, 3.05) is 6.54 Å². The summed E-state index contributed by atoms with van der Waals surface area (Å²) in [5.41, 5.74) is 6.00. The highest BCUT2D eigenvalue weighted by atomic mass is 14.6. The third-order valence-corrected chi connectivity index (χ3v) is 5.69. The Labute approximate surface area is 108 Å². The highest BCUT2D eigenvalue weighted by molar-refractivity contribution is 4.86. The molecule has 3 unspecified atom stereocenters. The molecule has 0 saturated heterocycles. The topological polar surface area (TPSA) is 26.0 Å². The molecule has 17 heavy (non-hydrogen) atoms. The smallest absolute Gasteiger partial charge is 0.00461 e. The van der Waals surface area contributed by atoms with Gasteiger partial charge in [-0.15, -0.1) is 0 Å². The zero-order valence-electron chi connectivity index (χ0n) is 11.8. The molecule has 0 amide bonds. The first-order chi connectivity index (χ1) is 8.24. The number of nitrogens with two attached hydrogens (primary N) is 1. The van der Waals surface area contributed by atoms with Crippen molar-refractivity contribution >= 4 is 0 Å². The second-order valence-corrected chi connectivity index (χ2v) is 6.77. The van der Waals surface area contributed by atoms with Crippen molar-refractivity contribution in [3.05, 3.63) is 0 Å². The third kappa shape index (κ3) is 3.24. The van der Waals surface area contributed by atoms with E-state index in [0.717, 1.165) is 36.1 Å². The van der Waals surface area contributed by atoms with Crippen LogP contribution in [0.5, 0.6) is 0 Å². The molecule has 100 valence electrons. The normalized spacial score (nSPS) is 43.6. The summed E-state index contributed by atoms with van der Waals surface area (Å²) in [7, 11) is 0. The summed E-state index contributed by atoms with van der Waals surface area (Å²) in [5.74, 6) is 4.79. The lowest BCUT2D eigenvalue weighted by molar-refractivity contribution is 0.0927. The summed E-state index contributed by atoms with van der Waals surface area (Å²) in [6, 6.07) is 0. The largest absolute Gasteiger partial charge is 0.330 e. The van der Waals surface area contributed by atoms with Crippen LogP contribution in [0.3, 0.4) is 0 Å². The van der Waals surface area contributed by atoms with Crippen LogP contribution in [0.1, 0.15) is 65.2 Å². The fourth-order valence-corrected chi connectivity index (χ4v) is 4.38. The van der Waals surface area contributed by atoms with E-state index < -0.39 is 0 Å². The second kappa shape index (κ2) is 6.22. The zero-order chi connectivity index (χ0) is 12.3. The van der Waals surface area contributed by atoms with Crippen LogP contribution in [-0.4, -0.2) is 6.54 Å². The van der Waals surface area contributed by atoms with E-state index in [-0.39, 0.29) is 0 Å². The minimum absolute atomic E-state index is 0.842. The minimum Gasteiger partial charge on any atom is -0.330 e. The van der Waals surface area contributed by atoms with Crippen molar-refractivity contribution in [2.45, 2.75) is 65.2 Å². The van der Waals surface area contributed by atoms with E-state index in [4.69, 9.17) is 5.73 Å². The van der Waals surface area contributed by atoms with Gasteiger partial charge in [0.25, 0.3) is 0 Å². The third-order valence-electron chi connectivity index (χ3n) is 5.69. The van der Waals surface area contributed by atoms with Gasteiger partial charge in [0.2, 0.25) is 0 Å². The Kier molecular flexibility index (Phi) is 4.90. The van der Waals surface area contributed by atoms with Crippen molar-refractivity contribution in [3.8, 4) is 0 Å². The first-order valence-corrected chi connectivity index (χ1v) is 7.94. The molecule has 3 atom stereocenters. The van der Waals surface area contributed by atoms with E-state index in [2.05, 4.69) is 13.8 Å². The molecule has 0 spiro atoms. The lowest BCUT2D eigenvalue weighted by atomic mass is 9.64. The monoisotopic (exact) mass is 237 g/mol. The van der Waals surface area contributed by atoms with Gasteiger partial charge in [0, 0.05) is 0 Å². The Balaban J connectivity index is 1.90. The molecule has 1 nitrogen and oxygen atoms in total. The van der Waals surface area contributed by atoms with E-state index >= 15 is 0 Å². The van der Waals surface area contributed by atoms with Gasteiger partial charge in [-0.3, -0.25) is 0 Å². The number of hydrogen-bond donors (Lipinski definition) is 1. The van der Waals surface area contributed by atoms with E-state index in [9.17, 15) is 0 Å². The highest BCUT2D eigenvalue weighted by Gasteiger charge is 2.35. The van der Waals surface area contributed by atoms with Crippen LogP contribution < -0.4 is 5.73 Å². The van der Waals surface area contributed by atoms with Crippen LogP contribution in [0.15, 0.2) is 0 Å². The molecule has 0 aliphatic heterocycles. The van der Waals surface area contributed by atoms with E-state index in [1.807, 2.05) is 0 Å². The average Bonchev–Trinajstić information content (AvgIpc) is 2.39. The maximum atomic E-state index is 6.00. The summed E-state index contributed by atoms with van der Waals surface area (Å²) in [6.07, 6.45) is 11.6. The molecule has 2 aliphatic rings. The van der Waals surface area contributed by atoms with E-state index in [0.29, 0.717) is 0 Å². The molecular formula is C16H31N. The predicted molar refractivity (Wildman–Crippen MR) is 74.8 cm³/mol. The molecular weight excluding hydrogens is 206 g/mol. The maximum absolute atomic E-state index is 6.00. The molecule has 2 saturated carbocycles. The van der Waals surface area contributed by atoms with Crippen LogP contribution in [0.2, 0.25) is 0 Å². The van der Waals surface area contributed by atoms with Gasteiger partial charge in [-0.1, -0.05) is 39.5 Å². The van der Waals surface area contributed by atoms with Crippen molar-refractivity contribution in [1.29, 1.82) is 0 Å². The molecule has 2 aliphatic carbocycles. The van der Waals surface area contributed by atoms with Crippen molar-refractivity contribution in [3.63, 3.8) is 0 Å². The van der Waals surface area contributed by atoms with Gasteiger partial charge in [0.15, 0.2) is 0 Å². The Hall–Kier alpha value is -0.0400. The second-order valence-electron chi connectivity index (χ2n) is 6.77. The van der Waals surface area contributed by atoms with E-state index in [1.165, 1.54) is 51.4 Å². The number of rotatable bonds is 3. The lowest BCUT2D eigenvalue weighted by Gasteiger charge is -2.42. The van der Waals surface area contributed by atoms with Gasteiger partial charge >= 0.3 is 0 Å². The standard InChI is InChI=1S/C16H31N/c1-3-13-5-8-14(9-6-13)16-10-12(2)4-7-15(16)11-17/h12-16H,3-11,17H2,1-2H3. The molecule has 2 fully saturated rings. The molecule has 0 radical (unpaired) electrons. The van der Waals surface area contributed by atoms with Crippen molar-refractivity contribution in [2.24, 2.45) is 35.3 Å². The van der Waals surface area contributed by atoms with Crippen LogP contribution in [-0.2, 0) is 0 Å². The van der Waals surface area contributed by atoms with Gasteiger partial charge in [0.1, 0.15) is 0 Å². The minimum atomic E-state index is 0.842. The first-order valence-electron chi connectivity index (χ1n) is 7.94. The Morgan fingerprint density at radius 3 is 2.29 bits per heavy atom. The summed E-state index contributed by atoms with van der Waals surface area (Å²) >= 11 is 0. The Morgan fingerprint density at radius 1 is 1.00 bits per heavy atom.